The van der Waals surface area contributed by atoms with Gasteiger partial charge in [-0.1, -0.05) is 23.7 Å². The van der Waals surface area contributed by atoms with Crippen molar-refractivity contribution in [2.24, 2.45) is 0 Å². The van der Waals surface area contributed by atoms with E-state index in [-0.39, 0.29) is 5.69 Å². The molecule has 2 aromatic carbocycles. The van der Waals surface area contributed by atoms with Crippen molar-refractivity contribution in [2.75, 3.05) is 17.6 Å². The van der Waals surface area contributed by atoms with Gasteiger partial charge in [0.15, 0.2) is 0 Å². The van der Waals surface area contributed by atoms with Crippen LogP contribution in [0.2, 0.25) is 5.02 Å². The van der Waals surface area contributed by atoms with Crippen molar-refractivity contribution in [3.05, 3.63) is 58.6 Å². The molecular formula is C15H14ClF3N2. The summed E-state index contributed by atoms with van der Waals surface area (Å²) in [6.07, 6.45) is -3.76. The first-order valence-corrected chi connectivity index (χ1v) is 6.69. The molecule has 0 aromatic heterocycles. The summed E-state index contributed by atoms with van der Waals surface area (Å²) < 4.78 is 38.2. The van der Waals surface area contributed by atoms with Crippen molar-refractivity contribution in [1.82, 2.24) is 0 Å². The van der Waals surface area contributed by atoms with Crippen LogP contribution in [0.25, 0.3) is 0 Å². The number of alkyl halides is 3. The fourth-order valence-corrected chi connectivity index (χ4v) is 2.04. The Morgan fingerprint density at radius 1 is 1.05 bits per heavy atom. The zero-order valence-corrected chi connectivity index (χ0v) is 11.8. The molecule has 0 saturated heterocycles. The summed E-state index contributed by atoms with van der Waals surface area (Å²) in [6.45, 7) is 0.517. The normalized spacial score (nSPS) is 11.4. The molecule has 0 aliphatic carbocycles. The Balaban J connectivity index is 1.99. The number of hydrogen-bond acceptors (Lipinski definition) is 2. The molecule has 0 aliphatic rings. The van der Waals surface area contributed by atoms with Gasteiger partial charge in [0, 0.05) is 22.9 Å². The quantitative estimate of drug-likeness (QED) is 0.810. The van der Waals surface area contributed by atoms with Gasteiger partial charge < -0.3 is 11.1 Å². The maximum Gasteiger partial charge on any atom is 0.418 e. The lowest BCUT2D eigenvalue weighted by Gasteiger charge is -2.13. The standard InChI is InChI=1S/C15H14ClF3N2/c16-11-3-1-10(2-4-11)7-8-21-12-5-6-14(20)13(9-12)15(17,18)19/h1-6,9,21H,7-8,20H2. The van der Waals surface area contributed by atoms with Crippen molar-refractivity contribution >= 4 is 23.0 Å². The predicted octanol–water partition coefficient (Wildman–Crippen LogP) is 4.60. The van der Waals surface area contributed by atoms with Crippen LogP contribution in [0.1, 0.15) is 11.1 Å². The molecule has 0 spiro atoms. The van der Waals surface area contributed by atoms with Gasteiger partial charge in [-0.2, -0.15) is 13.2 Å². The van der Waals surface area contributed by atoms with E-state index >= 15 is 0 Å². The van der Waals surface area contributed by atoms with Gasteiger partial charge in [0.1, 0.15) is 0 Å². The van der Waals surface area contributed by atoms with E-state index in [1.54, 1.807) is 12.1 Å². The Hall–Kier alpha value is -1.88. The summed E-state index contributed by atoms with van der Waals surface area (Å²) in [7, 11) is 0. The van der Waals surface area contributed by atoms with Gasteiger partial charge in [-0.15, -0.1) is 0 Å². The van der Waals surface area contributed by atoms with E-state index < -0.39 is 11.7 Å². The van der Waals surface area contributed by atoms with Gasteiger partial charge in [-0.25, -0.2) is 0 Å². The first-order chi connectivity index (χ1) is 9.86. The van der Waals surface area contributed by atoms with Crippen molar-refractivity contribution in [3.8, 4) is 0 Å². The van der Waals surface area contributed by atoms with E-state index in [2.05, 4.69) is 5.32 Å². The van der Waals surface area contributed by atoms with Crippen LogP contribution >= 0.6 is 11.6 Å². The average molecular weight is 315 g/mol. The summed E-state index contributed by atoms with van der Waals surface area (Å²) >= 11 is 5.78. The molecule has 21 heavy (non-hydrogen) atoms. The molecule has 2 nitrogen and oxygen atoms in total. The fourth-order valence-electron chi connectivity index (χ4n) is 1.91. The summed E-state index contributed by atoms with van der Waals surface area (Å²) in [5.74, 6) is 0. The van der Waals surface area contributed by atoms with E-state index in [1.807, 2.05) is 12.1 Å². The Kier molecular flexibility index (Phi) is 4.63. The van der Waals surface area contributed by atoms with Crippen LogP contribution in [0.5, 0.6) is 0 Å². The van der Waals surface area contributed by atoms with Crippen molar-refractivity contribution in [3.63, 3.8) is 0 Å². The molecule has 0 amide bonds. The van der Waals surface area contributed by atoms with Crippen molar-refractivity contribution in [1.29, 1.82) is 0 Å². The second kappa shape index (κ2) is 6.26. The van der Waals surface area contributed by atoms with Gasteiger partial charge >= 0.3 is 6.18 Å². The van der Waals surface area contributed by atoms with Crippen LogP contribution < -0.4 is 11.1 Å². The lowest BCUT2D eigenvalue weighted by molar-refractivity contribution is -0.136. The zero-order valence-electron chi connectivity index (χ0n) is 11.0. The zero-order chi connectivity index (χ0) is 15.5. The monoisotopic (exact) mass is 314 g/mol. The molecule has 0 fully saturated rings. The van der Waals surface area contributed by atoms with Crippen molar-refractivity contribution in [2.45, 2.75) is 12.6 Å². The maximum atomic E-state index is 12.7. The SMILES string of the molecule is Nc1ccc(NCCc2ccc(Cl)cc2)cc1C(F)(F)F. The Morgan fingerprint density at radius 2 is 1.71 bits per heavy atom. The first kappa shape index (κ1) is 15.5. The molecule has 2 rings (SSSR count). The third-order valence-corrected chi connectivity index (χ3v) is 3.27. The van der Waals surface area contributed by atoms with Crippen LogP contribution in [0.15, 0.2) is 42.5 Å². The number of halogens is 4. The molecular weight excluding hydrogens is 301 g/mol. The minimum atomic E-state index is -4.45. The number of anilines is 2. The summed E-state index contributed by atoms with van der Waals surface area (Å²) in [4.78, 5) is 0. The van der Waals surface area contributed by atoms with E-state index in [4.69, 9.17) is 17.3 Å². The van der Waals surface area contributed by atoms with Crippen LogP contribution in [0.4, 0.5) is 24.5 Å². The number of nitrogens with one attached hydrogen (secondary N) is 1. The van der Waals surface area contributed by atoms with Gasteiger partial charge in [0.2, 0.25) is 0 Å². The highest BCUT2D eigenvalue weighted by Gasteiger charge is 2.33. The molecule has 3 N–H and O–H groups in total. The second-order valence-electron chi connectivity index (χ2n) is 4.60. The number of hydrogen-bond donors (Lipinski definition) is 2. The van der Waals surface area contributed by atoms with E-state index in [1.165, 1.54) is 12.1 Å². The second-order valence-corrected chi connectivity index (χ2v) is 5.04. The van der Waals surface area contributed by atoms with Gasteiger partial charge in [0.25, 0.3) is 0 Å². The lowest BCUT2D eigenvalue weighted by Crippen LogP contribution is -2.11. The molecule has 112 valence electrons. The lowest BCUT2D eigenvalue weighted by atomic mass is 10.1. The van der Waals surface area contributed by atoms with E-state index in [0.29, 0.717) is 23.7 Å². The largest absolute Gasteiger partial charge is 0.418 e. The average Bonchev–Trinajstić information content (AvgIpc) is 2.41. The Labute approximate surface area is 125 Å². The fraction of sp³-hybridized carbons (Fsp3) is 0.200. The Bertz CT molecular complexity index is 609. The topological polar surface area (TPSA) is 38.0 Å². The third-order valence-electron chi connectivity index (χ3n) is 3.01. The predicted molar refractivity (Wildman–Crippen MR) is 79.5 cm³/mol. The van der Waals surface area contributed by atoms with Crippen LogP contribution in [0, 0.1) is 0 Å². The van der Waals surface area contributed by atoms with Gasteiger partial charge in [0.05, 0.1) is 5.56 Å². The molecule has 0 aliphatic heterocycles. The minimum Gasteiger partial charge on any atom is -0.398 e. The molecule has 0 atom stereocenters. The molecule has 0 radical (unpaired) electrons. The highest BCUT2D eigenvalue weighted by molar-refractivity contribution is 6.30. The summed E-state index contributed by atoms with van der Waals surface area (Å²) in [6, 6.07) is 11.1. The Morgan fingerprint density at radius 3 is 2.33 bits per heavy atom. The molecule has 2 aromatic rings. The smallest absolute Gasteiger partial charge is 0.398 e. The van der Waals surface area contributed by atoms with Crippen molar-refractivity contribution < 1.29 is 13.2 Å². The molecule has 6 heteroatoms. The summed E-state index contributed by atoms with van der Waals surface area (Å²) in [5.41, 5.74) is 5.70. The minimum absolute atomic E-state index is 0.272. The molecule has 0 saturated carbocycles. The van der Waals surface area contributed by atoms with Crippen LogP contribution in [-0.4, -0.2) is 6.54 Å². The summed E-state index contributed by atoms with van der Waals surface area (Å²) in [5, 5.41) is 3.61. The van der Waals surface area contributed by atoms with Crippen LogP contribution in [-0.2, 0) is 12.6 Å². The number of rotatable bonds is 4. The van der Waals surface area contributed by atoms with Gasteiger partial charge in [-0.05, 0) is 42.3 Å². The van der Waals surface area contributed by atoms with E-state index in [0.717, 1.165) is 11.6 Å². The third kappa shape index (κ3) is 4.29. The highest BCUT2D eigenvalue weighted by atomic mass is 35.5. The molecule has 0 unspecified atom stereocenters. The first-order valence-electron chi connectivity index (χ1n) is 6.31. The number of nitrogen functional groups attached to an aromatic ring is 1. The van der Waals surface area contributed by atoms with Crippen LogP contribution in [0.3, 0.4) is 0 Å². The highest BCUT2D eigenvalue weighted by Crippen LogP contribution is 2.35. The molecule has 0 heterocycles. The number of nitrogens with two attached hydrogens (primary N) is 1. The maximum absolute atomic E-state index is 12.7. The molecule has 0 bridgehead atoms. The van der Waals surface area contributed by atoms with E-state index in [9.17, 15) is 13.2 Å². The van der Waals surface area contributed by atoms with Gasteiger partial charge in [-0.3, -0.25) is 0 Å². The number of benzene rings is 2.